The van der Waals surface area contributed by atoms with Gasteiger partial charge in [0.25, 0.3) is 10.2 Å². The van der Waals surface area contributed by atoms with Crippen LogP contribution >= 0.6 is 0 Å². The second kappa shape index (κ2) is 10.7. The van der Waals surface area contributed by atoms with Gasteiger partial charge < -0.3 is 5.32 Å². The number of benzene rings is 2. The molecule has 0 saturated carbocycles. The van der Waals surface area contributed by atoms with E-state index in [1.54, 1.807) is 0 Å². The molecule has 7 nitrogen and oxygen atoms in total. The van der Waals surface area contributed by atoms with E-state index in [0.717, 1.165) is 30.3 Å². The van der Waals surface area contributed by atoms with Gasteiger partial charge in [0.05, 0.1) is 11.6 Å². The highest BCUT2D eigenvalue weighted by Gasteiger charge is 2.33. The summed E-state index contributed by atoms with van der Waals surface area (Å²) in [5.74, 6) is -2.85. The summed E-state index contributed by atoms with van der Waals surface area (Å²) in [4.78, 5) is 16.3. The molecular weight excluding hydrogens is 507 g/mol. The van der Waals surface area contributed by atoms with Crippen molar-refractivity contribution in [2.24, 2.45) is 5.14 Å². The molecule has 0 aliphatic heterocycles. The number of hydrogen-bond acceptors (Lipinski definition) is 4. The zero-order valence-corrected chi connectivity index (χ0v) is 19.6. The summed E-state index contributed by atoms with van der Waals surface area (Å²) in [6.07, 6.45) is -4.72. The lowest BCUT2D eigenvalue weighted by atomic mass is 9.98. The van der Waals surface area contributed by atoms with Crippen LogP contribution in [0.25, 0.3) is 11.3 Å². The maximum atomic E-state index is 14.4. The highest BCUT2D eigenvalue weighted by Crippen LogP contribution is 2.31. The van der Waals surface area contributed by atoms with Crippen LogP contribution in [0.3, 0.4) is 0 Å². The standard InChI is InChI=1S/C23H21F5N4O3S/c1-13(14-5-6-16(19(25)10-14)12-31-36(29,34)35)22(33)30-11-17-7-8-20(23(26,27)28)32-21(17)15-3-2-4-18(24)9-15/h2-10,13,31H,11-12H2,1H3,(H,30,33)(H2,29,34,35). The summed E-state index contributed by atoms with van der Waals surface area (Å²) in [7, 11) is -4.02. The minimum absolute atomic E-state index is 0.0101. The number of pyridine rings is 1. The summed E-state index contributed by atoms with van der Waals surface area (Å²) in [6, 6.07) is 10.6. The van der Waals surface area contributed by atoms with E-state index < -0.39 is 45.5 Å². The van der Waals surface area contributed by atoms with Gasteiger partial charge in [-0.2, -0.15) is 26.3 Å². The zero-order valence-electron chi connectivity index (χ0n) is 18.7. The number of nitrogens with zero attached hydrogens (tertiary/aromatic N) is 1. The first kappa shape index (κ1) is 27.2. The molecule has 0 radical (unpaired) electrons. The van der Waals surface area contributed by atoms with Gasteiger partial charge in [-0.15, -0.1) is 0 Å². The molecular formula is C23H21F5N4O3S. The predicted molar refractivity (Wildman–Crippen MR) is 121 cm³/mol. The molecule has 36 heavy (non-hydrogen) atoms. The lowest BCUT2D eigenvalue weighted by Gasteiger charge is -2.16. The average molecular weight is 529 g/mol. The van der Waals surface area contributed by atoms with Crippen molar-refractivity contribution in [2.45, 2.75) is 32.1 Å². The minimum atomic E-state index is -4.72. The molecule has 1 heterocycles. The van der Waals surface area contributed by atoms with Crippen LogP contribution in [0.1, 0.15) is 35.2 Å². The fourth-order valence-electron chi connectivity index (χ4n) is 3.32. The van der Waals surface area contributed by atoms with Crippen molar-refractivity contribution >= 4 is 16.1 Å². The first-order valence-corrected chi connectivity index (χ1v) is 12.0. The van der Waals surface area contributed by atoms with E-state index in [1.165, 1.54) is 31.2 Å². The largest absolute Gasteiger partial charge is 0.433 e. The van der Waals surface area contributed by atoms with Crippen LogP contribution in [-0.2, 0) is 34.3 Å². The van der Waals surface area contributed by atoms with Gasteiger partial charge in [0.2, 0.25) is 5.91 Å². The van der Waals surface area contributed by atoms with E-state index in [9.17, 15) is 35.2 Å². The van der Waals surface area contributed by atoms with Crippen molar-refractivity contribution in [3.8, 4) is 11.3 Å². The second-order valence-corrected chi connectivity index (χ2v) is 9.25. The Balaban J connectivity index is 1.78. The fourth-order valence-corrected chi connectivity index (χ4v) is 3.67. The van der Waals surface area contributed by atoms with Gasteiger partial charge in [-0.05, 0) is 42.3 Å². The smallest absolute Gasteiger partial charge is 0.351 e. The molecule has 0 bridgehead atoms. The Morgan fingerprint density at radius 2 is 1.72 bits per heavy atom. The Labute approximate surface area is 203 Å². The quantitative estimate of drug-likeness (QED) is 0.387. The topological polar surface area (TPSA) is 114 Å². The number of carbonyl (C=O) groups excluding carboxylic acids is 1. The van der Waals surface area contributed by atoms with Crippen molar-refractivity contribution < 1.29 is 35.2 Å². The molecule has 3 rings (SSSR count). The van der Waals surface area contributed by atoms with Crippen LogP contribution in [0, 0.1) is 11.6 Å². The van der Waals surface area contributed by atoms with Gasteiger partial charge in [-0.3, -0.25) is 4.79 Å². The summed E-state index contributed by atoms with van der Waals surface area (Å²) in [6.45, 7) is 0.888. The summed E-state index contributed by atoms with van der Waals surface area (Å²) >= 11 is 0. The SMILES string of the molecule is CC(C(=O)NCc1ccc(C(F)(F)F)nc1-c1cccc(F)c1)c1ccc(CNS(N)(=O)=O)c(F)c1. The molecule has 13 heteroatoms. The Morgan fingerprint density at radius 3 is 2.33 bits per heavy atom. The Bertz CT molecular complexity index is 1380. The number of amides is 1. The first-order chi connectivity index (χ1) is 16.7. The van der Waals surface area contributed by atoms with Crippen LogP contribution in [-0.4, -0.2) is 19.3 Å². The highest BCUT2D eigenvalue weighted by atomic mass is 32.2. The first-order valence-electron chi connectivity index (χ1n) is 10.4. The fraction of sp³-hybridized carbons (Fsp3) is 0.217. The maximum absolute atomic E-state index is 14.4. The van der Waals surface area contributed by atoms with Crippen molar-refractivity contribution in [1.82, 2.24) is 15.0 Å². The van der Waals surface area contributed by atoms with E-state index in [1.807, 2.05) is 4.72 Å². The van der Waals surface area contributed by atoms with Crippen LogP contribution in [0.2, 0.25) is 0 Å². The van der Waals surface area contributed by atoms with Gasteiger partial charge in [-0.25, -0.2) is 18.9 Å². The number of aromatic nitrogens is 1. The van der Waals surface area contributed by atoms with Gasteiger partial charge in [0.15, 0.2) is 0 Å². The summed E-state index contributed by atoms with van der Waals surface area (Å²) in [5, 5.41) is 7.40. The number of carbonyl (C=O) groups is 1. The number of nitrogens with two attached hydrogens (primary N) is 1. The Morgan fingerprint density at radius 1 is 1.03 bits per heavy atom. The molecule has 1 amide bonds. The monoisotopic (exact) mass is 528 g/mol. The molecule has 0 aliphatic carbocycles. The van der Waals surface area contributed by atoms with Crippen LogP contribution in [0.4, 0.5) is 22.0 Å². The summed E-state index contributed by atoms with van der Waals surface area (Å²) in [5.41, 5.74) is -0.710. The van der Waals surface area contributed by atoms with Crippen LogP contribution in [0.5, 0.6) is 0 Å². The van der Waals surface area contributed by atoms with Gasteiger partial charge in [-0.1, -0.05) is 30.3 Å². The average Bonchev–Trinajstić information content (AvgIpc) is 2.80. The molecule has 1 aromatic heterocycles. The number of halogens is 5. The third kappa shape index (κ3) is 7.06. The highest BCUT2D eigenvalue weighted by molar-refractivity contribution is 7.87. The molecule has 3 aromatic rings. The molecule has 192 valence electrons. The molecule has 0 aliphatic rings. The third-order valence-corrected chi connectivity index (χ3v) is 5.80. The van der Waals surface area contributed by atoms with E-state index in [2.05, 4.69) is 10.3 Å². The minimum Gasteiger partial charge on any atom is -0.351 e. The predicted octanol–water partition coefficient (Wildman–Crippen LogP) is 3.76. The number of alkyl halides is 3. The van der Waals surface area contributed by atoms with Crippen molar-refractivity contribution in [2.75, 3.05) is 0 Å². The molecule has 0 saturated heterocycles. The zero-order chi connectivity index (χ0) is 26.7. The van der Waals surface area contributed by atoms with Gasteiger partial charge in [0, 0.05) is 24.2 Å². The molecule has 1 atom stereocenters. The van der Waals surface area contributed by atoms with E-state index in [4.69, 9.17) is 5.14 Å². The lowest BCUT2D eigenvalue weighted by Crippen LogP contribution is -2.30. The molecule has 1 unspecified atom stereocenters. The van der Waals surface area contributed by atoms with E-state index >= 15 is 0 Å². The Kier molecular flexibility index (Phi) is 8.06. The van der Waals surface area contributed by atoms with E-state index in [-0.39, 0.29) is 41.0 Å². The van der Waals surface area contributed by atoms with Gasteiger partial charge in [0.1, 0.15) is 17.3 Å². The number of nitrogens with one attached hydrogen (secondary N) is 2. The normalized spacial score (nSPS) is 12.9. The summed E-state index contributed by atoms with van der Waals surface area (Å²) < 4.78 is 91.6. The van der Waals surface area contributed by atoms with E-state index in [0.29, 0.717) is 0 Å². The number of hydrogen-bond donors (Lipinski definition) is 3. The Hall–Kier alpha value is -3.42. The molecule has 0 fully saturated rings. The molecule has 4 N–H and O–H groups in total. The third-order valence-electron chi connectivity index (χ3n) is 5.25. The van der Waals surface area contributed by atoms with Crippen molar-refractivity contribution in [3.63, 3.8) is 0 Å². The van der Waals surface area contributed by atoms with Crippen molar-refractivity contribution in [3.05, 3.63) is 88.6 Å². The molecule has 2 aromatic carbocycles. The second-order valence-electron chi connectivity index (χ2n) is 7.87. The maximum Gasteiger partial charge on any atom is 0.433 e. The molecule has 0 spiro atoms. The number of rotatable bonds is 8. The van der Waals surface area contributed by atoms with Crippen molar-refractivity contribution in [1.29, 1.82) is 0 Å². The van der Waals surface area contributed by atoms with Crippen LogP contribution in [0.15, 0.2) is 54.6 Å². The van der Waals surface area contributed by atoms with Crippen LogP contribution < -0.4 is 15.2 Å². The van der Waals surface area contributed by atoms with Gasteiger partial charge >= 0.3 is 6.18 Å². The lowest BCUT2D eigenvalue weighted by molar-refractivity contribution is -0.141.